The van der Waals surface area contributed by atoms with E-state index in [-0.39, 0.29) is 28.9 Å². The third-order valence-electron chi connectivity index (χ3n) is 3.59. The van der Waals surface area contributed by atoms with Crippen LogP contribution in [-0.4, -0.2) is 28.0 Å². The van der Waals surface area contributed by atoms with Gasteiger partial charge in [-0.25, -0.2) is 13.6 Å². The van der Waals surface area contributed by atoms with E-state index in [1.54, 1.807) is 19.2 Å². The van der Waals surface area contributed by atoms with Crippen LogP contribution in [-0.2, 0) is 23.0 Å². The molecule has 0 fully saturated rings. The molecule has 0 aliphatic rings. The number of hydrogen-bond donors (Lipinski definition) is 3. The van der Waals surface area contributed by atoms with Gasteiger partial charge >= 0.3 is 0 Å². The third kappa shape index (κ3) is 7.10. The first-order valence-corrected chi connectivity index (χ1v) is 9.62. The molecule has 0 heterocycles. The predicted molar refractivity (Wildman–Crippen MR) is 117 cm³/mol. The molecule has 0 saturated heterocycles. The number of aliphatic imine (C=N–C) groups is 1. The molecule has 9 heteroatoms. The van der Waals surface area contributed by atoms with Gasteiger partial charge in [0.25, 0.3) is 0 Å². The second kappa shape index (κ2) is 10.7. The van der Waals surface area contributed by atoms with Crippen LogP contribution in [0.5, 0.6) is 0 Å². The summed E-state index contributed by atoms with van der Waals surface area (Å²) in [5.74, 6) is 0.668. The van der Waals surface area contributed by atoms with Crippen molar-refractivity contribution in [1.82, 2.24) is 10.6 Å². The molecule has 0 unspecified atom stereocenters. The topological polar surface area (TPSA) is 96.6 Å². The first-order valence-electron chi connectivity index (χ1n) is 7.70. The molecule has 2 aromatic carbocycles. The Morgan fingerprint density at radius 1 is 1.12 bits per heavy atom. The maximum absolute atomic E-state index is 11.2. The lowest BCUT2D eigenvalue weighted by molar-refractivity contribution is 0.598. The highest BCUT2D eigenvalue weighted by Crippen LogP contribution is 2.14. The monoisotopic (exact) mass is 508 g/mol. The highest BCUT2D eigenvalue weighted by molar-refractivity contribution is 14.0. The molecule has 0 saturated carbocycles. The van der Waals surface area contributed by atoms with Crippen LogP contribution in [0, 0.1) is 0 Å². The summed E-state index contributed by atoms with van der Waals surface area (Å²) in [5.41, 5.74) is 1.99. The van der Waals surface area contributed by atoms with Gasteiger partial charge in [-0.2, -0.15) is 0 Å². The zero-order valence-corrected chi connectivity index (χ0v) is 18.2. The maximum Gasteiger partial charge on any atom is 0.238 e. The Morgan fingerprint density at radius 2 is 1.77 bits per heavy atom. The summed E-state index contributed by atoms with van der Waals surface area (Å²) in [6, 6.07) is 14.1. The molecule has 4 N–H and O–H groups in total. The van der Waals surface area contributed by atoms with Gasteiger partial charge in [-0.15, -0.1) is 24.0 Å². The number of primary sulfonamides is 1. The quantitative estimate of drug-likeness (QED) is 0.317. The summed E-state index contributed by atoms with van der Waals surface area (Å²) in [5, 5.41) is 12.2. The first kappa shape index (κ1) is 22.7. The summed E-state index contributed by atoms with van der Waals surface area (Å²) in [6.45, 7) is 1.22. The van der Waals surface area contributed by atoms with Gasteiger partial charge in [0, 0.05) is 25.2 Å². The molecule has 2 aromatic rings. The SMILES string of the molecule is CN=C(NCCc1ccc(S(N)(=O)=O)cc1)NCc1ccccc1Cl.I. The molecule has 26 heavy (non-hydrogen) atoms. The number of rotatable bonds is 6. The van der Waals surface area contributed by atoms with Crippen molar-refractivity contribution >= 4 is 51.6 Å². The van der Waals surface area contributed by atoms with Crippen molar-refractivity contribution in [2.24, 2.45) is 10.1 Å². The fraction of sp³-hybridized carbons (Fsp3) is 0.235. The largest absolute Gasteiger partial charge is 0.356 e. The Kier molecular flexibility index (Phi) is 9.34. The highest BCUT2D eigenvalue weighted by Gasteiger charge is 2.07. The normalized spacial score (nSPS) is 11.6. The number of nitrogens with zero attached hydrogens (tertiary/aromatic N) is 1. The standard InChI is InChI=1S/C17H21ClN4O2S.HI/c1-20-17(22-12-14-4-2-3-5-16(14)18)21-11-10-13-6-8-15(9-7-13)25(19,23)24;/h2-9H,10-12H2,1H3,(H2,19,23,24)(H2,20,21,22);1H. The number of guanidine groups is 1. The van der Waals surface area contributed by atoms with E-state index < -0.39 is 10.0 Å². The molecule has 6 nitrogen and oxygen atoms in total. The fourth-order valence-electron chi connectivity index (χ4n) is 2.21. The zero-order chi connectivity index (χ0) is 18.3. The Hall–Kier alpha value is -1.36. The minimum absolute atomic E-state index is 0. The van der Waals surface area contributed by atoms with Crippen molar-refractivity contribution in [3.05, 3.63) is 64.7 Å². The van der Waals surface area contributed by atoms with Crippen LogP contribution < -0.4 is 15.8 Å². The van der Waals surface area contributed by atoms with Crippen molar-refractivity contribution < 1.29 is 8.42 Å². The molecule has 2 rings (SSSR count). The maximum atomic E-state index is 11.2. The molecule has 0 spiro atoms. The number of nitrogens with one attached hydrogen (secondary N) is 2. The Morgan fingerprint density at radius 3 is 2.35 bits per heavy atom. The molecule has 0 aliphatic heterocycles. The van der Waals surface area contributed by atoms with Gasteiger partial charge in [-0.1, -0.05) is 41.9 Å². The Balaban J connectivity index is 0.00000338. The van der Waals surface area contributed by atoms with Crippen LogP contribution in [0.4, 0.5) is 0 Å². The average Bonchev–Trinajstić information content (AvgIpc) is 2.59. The molecule has 0 aliphatic carbocycles. The van der Waals surface area contributed by atoms with Crippen molar-refractivity contribution in [1.29, 1.82) is 0 Å². The van der Waals surface area contributed by atoms with Gasteiger partial charge in [0.1, 0.15) is 0 Å². The Labute approximate surface area is 176 Å². The number of nitrogens with two attached hydrogens (primary N) is 1. The minimum Gasteiger partial charge on any atom is -0.356 e. The van der Waals surface area contributed by atoms with E-state index >= 15 is 0 Å². The average molecular weight is 509 g/mol. The number of benzene rings is 2. The van der Waals surface area contributed by atoms with Gasteiger partial charge in [0.05, 0.1) is 4.90 Å². The lowest BCUT2D eigenvalue weighted by Gasteiger charge is -2.12. The van der Waals surface area contributed by atoms with Crippen LogP contribution in [0.3, 0.4) is 0 Å². The van der Waals surface area contributed by atoms with Gasteiger partial charge in [-0.05, 0) is 35.7 Å². The van der Waals surface area contributed by atoms with Crippen LogP contribution in [0.1, 0.15) is 11.1 Å². The van der Waals surface area contributed by atoms with Crippen LogP contribution >= 0.6 is 35.6 Å². The van der Waals surface area contributed by atoms with E-state index in [4.69, 9.17) is 16.7 Å². The van der Waals surface area contributed by atoms with Gasteiger partial charge in [0.2, 0.25) is 10.0 Å². The summed E-state index contributed by atoms with van der Waals surface area (Å²) >= 11 is 6.13. The van der Waals surface area contributed by atoms with Crippen LogP contribution in [0.25, 0.3) is 0 Å². The van der Waals surface area contributed by atoms with Crippen molar-refractivity contribution in [3.8, 4) is 0 Å². The molecule has 0 aromatic heterocycles. The van der Waals surface area contributed by atoms with E-state index in [1.165, 1.54) is 12.1 Å². The number of halogens is 2. The second-order valence-corrected chi connectivity index (χ2v) is 7.35. The zero-order valence-electron chi connectivity index (χ0n) is 14.3. The lowest BCUT2D eigenvalue weighted by atomic mass is 10.1. The highest BCUT2D eigenvalue weighted by atomic mass is 127. The molecular weight excluding hydrogens is 487 g/mol. The lowest BCUT2D eigenvalue weighted by Crippen LogP contribution is -2.37. The van der Waals surface area contributed by atoms with Gasteiger partial charge in [0.15, 0.2) is 5.96 Å². The van der Waals surface area contributed by atoms with E-state index in [2.05, 4.69) is 15.6 Å². The summed E-state index contributed by atoms with van der Waals surface area (Å²) < 4.78 is 22.5. The van der Waals surface area contributed by atoms with Gasteiger partial charge < -0.3 is 10.6 Å². The fourth-order valence-corrected chi connectivity index (χ4v) is 2.93. The molecule has 142 valence electrons. The van der Waals surface area contributed by atoms with E-state index in [0.29, 0.717) is 24.1 Å². The molecule has 0 atom stereocenters. The predicted octanol–water partition coefficient (Wildman–Crippen LogP) is 2.51. The number of sulfonamides is 1. The van der Waals surface area contributed by atoms with Gasteiger partial charge in [-0.3, -0.25) is 4.99 Å². The third-order valence-corrected chi connectivity index (χ3v) is 4.88. The van der Waals surface area contributed by atoms with Crippen LogP contribution in [0.15, 0.2) is 58.4 Å². The van der Waals surface area contributed by atoms with Crippen LogP contribution in [0.2, 0.25) is 5.02 Å². The smallest absolute Gasteiger partial charge is 0.238 e. The van der Waals surface area contributed by atoms with E-state index in [1.807, 2.05) is 24.3 Å². The first-order chi connectivity index (χ1) is 11.9. The second-order valence-electron chi connectivity index (χ2n) is 5.38. The van der Waals surface area contributed by atoms with Crippen molar-refractivity contribution in [2.45, 2.75) is 17.9 Å². The molecular formula is C17H22ClIN4O2S. The van der Waals surface area contributed by atoms with E-state index in [0.717, 1.165) is 17.5 Å². The number of hydrogen-bond acceptors (Lipinski definition) is 3. The summed E-state index contributed by atoms with van der Waals surface area (Å²) in [7, 11) is -1.95. The summed E-state index contributed by atoms with van der Waals surface area (Å²) in [6.07, 6.45) is 0.720. The molecule has 0 bridgehead atoms. The molecule has 0 amide bonds. The van der Waals surface area contributed by atoms with Crippen molar-refractivity contribution in [3.63, 3.8) is 0 Å². The molecule has 0 radical (unpaired) electrons. The minimum atomic E-state index is -3.65. The van der Waals surface area contributed by atoms with E-state index in [9.17, 15) is 8.42 Å². The summed E-state index contributed by atoms with van der Waals surface area (Å²) in [4.78, 5) is 4.28. The van der Waals surface area contributed by atoms with Crippen molar-refractivity contribution in [2.75, 3.05) is 13.6 Å². The Bertz CT molecular complexity index is 842.